The number of aryl methyl sites for hydroxylation is 1. The van der Waals surface area contributed by atoms with Gasteiger partial charge in [0.25, 0.3) is 0 Å². The van der Waals surface area contributed by atoms with Gasteiger partial charge in [-0.2, -0.15) is 0 Å². The molecule has 20 heavy (non-hydrogen) atoms. The molecule has 0 atom stereocenters. The lowest BCUT2D eigenvalue weighted by Gasteiger charge is -2.25. The molecule has 1 rings (SSSR count). The summed E-state index contributed by atoms with van der Waals surface area (Å²) >= 11 is 3.62. The Bertz CT molecular complexity index is 433. The van der Waals surface area contributed by atoms with Crippen molar-refractivity contribution in [3.8, 4) is 11.5 Å². The minimum atomic E-state index is 0.329. The highest BCUT2D eigenvalue weighted by Crippen LogP contribution is 2.35. The molecule has 0 fully saturated rings. The molecule has 0 aliphatic carbocycles. The van der Waals surface area contributed by atoms with Crippen LogP contribution < -0.4 is 14.8 Å². The lowest BCUT2D eigenvalue weighted by molar-refractivity contribution is 0.305. The van der Waals surface area contributed by atoms with Gasteiger partial charge in [-0.25, -0.2) is 0 Å². The Morgan fingerprint density at radius 1 is 1.10 bits per heavy atom. The monoisotopic (exact) mass is 343 g/mol. The minimum Gasteiger partial charge on any atom is -0.493 e. The molecule has 0 unspecified atom stereocenters. The molecule has 0 aliphatic heterocycles. The van der Waals surface area contributed by atoms with Gasteiger partial charge in [-0.1, -0.05) is 29.8 Å². The van der Waals surface area contributed by atoms with Gasteiger partial charge in [0.05, 0.1) is 14.2 Å². The van der Waals surface area contributed by atoms with Gasteiger partial charge in [0, 0.05) is 4.47 Å². The molecule has 0 amide bonds. The Hall–Kier alpha value is -0.740. The molecule has 0 aliphatic rings. The van der Waals surface area contributed by atoms with Gasteiger partial charge in [0.2, 0.25) is 0 Å². The zero-order valence-corrected chi connectivity index (χ0v) is 14.8. The predicted octanol–water partition coefficient (Wildman–Crippen LogP) is 4.03. The average Bonchev–Trinajstić information content (AvgIpc) is 2.43. The first-order valence-electron chi connectivity index (χ1n) is 6.98. The van der Waals surface area contributed by atoms with Crippen LogP contribution in [0.2, 0.25) is 0 Å². The third kappa shape index (κ3) is 4.98. The highest BCUT2D eigenvalue weighted by atomic mass is 79.9. The number of ether oxygens (including phenoxy) is 2. The van der Waals surface area contributed by atoms with E-state index in [1.807, 2.05) is 13.1 Å². The summed E-state index contributed by atoms with van der Waals surface area (Å²) in [7, 11) is 5.33. The first-order valence-corrected chi connectivity index (χ1v) is 7.78. The summed E-state index contributed by atoms with van der Waals surface area (Å²) in [5, 5.41) is 3.22. The van der Waals surface area contributed by atoms with E-state index in [9.17, 15) is 0 Å². The van der Waals surface area contributed by atoms with Crippen LogP contribution in [0.3, 0.4) is 0 Å². The van der Waals surface area contributed by atoms with Crippen molar-refractivity contribution < 1.29 is 9.47 Å². The lowest BCUT2D eigenvalue weighted by atomic mass is 9.83. The van der Waals surface area contributed by atoms with Crippen LogP contribution in [0.1, 0.15) is 32.3 Å². The highest BCUT2D eigenvalue weighted by Gasteiger charge is 2.18. The smallest absolute Gasteiger partial charge is 0.161 e. The molecule has 0 aromatic heterocycles. The number of benzene rings is 1. The lowest BCUT2D eigenvalue weighted by Crippen LogP contribution is -2.20. The predicted molar refractivity (Wildman–Crippen MR) is 87.9 cm³/mol. The van der Waals surface area contributed by atoms with Gasteiger partial charge in [0.15, 0.2) is 11.5 Å². The van der Waals surface area contributed by atoms with E-state index in [0.29, 0.717) is 5.41 Å². The van der Waals surface area contributed by atoms with Gasteiger partial charge in [-0.15, -0.1) is 0 Å². The summed E-state index contributed by atoms with van der Waals surface area (Å²) in [4.78, 5) is 0. The largest absolute Gasteiger partial charge is 0.493 e. The van der Waals surface area contributed by atoms with Crippen LogP contribution in [0.15, 0.2) is 16.6 Å². The first kappa shape index (κ1) is 17.3. The van der Waals surface area contributed by atoms with E-state index < -0.39 is 0 Å². The third-order valence-electron chi connectivity index (χ3n) is 3.68. The van der Waals surface area contributed by atoms with Gasteiger partial charge >= 0.3 is 0 Å². The van der Waals surface area contributed by atoms with Crippen molar-refractivity contribution in [3.63, 3.8) is 0 Å². The fraction of sp³-hybridized carbons (Fsp3) is 0.625. The van der Waals surface area contributed by atoms with Crippen molar-refractivity contribution in [2.45, 2.75) is 33.1 Å². The van der Waals surface area contributed by atoms with Gasteiger partial charge in [0.1, 0.15) is 0 Å². The van der Waals surface area contributed by atoms with Crippen LogP contribution in [0.5, 0.6) is 11.5 Å². The number of halogens is 1. The Balaban J connectivity index is 2.77. The second-order valence-electron chi connectivity index (χ2n) is 5.82. The maximum Gasteiger partial charge on any atom is 0.161 e. The van der Waals surface area contributed by atoms with E-state index in [0.717, 1.165) is 35.4 Å². The molecule has 0 bridgehead atoms. The maximum absolute atomic E-state index is 5.37. The van der Waals surface area contributed by atoms with Crippen molar-refractivity contribution in [2.75, 3.05) is 27.8 Å². The second-order valence-corrected chi connectivity index (χ2v) is 6.67. The summed E-state index contributed by atoms with van der Waals surface area (Å²) < 4.78 is 11.8. The summed E-state index contributed by atoms with van der Waals surface area (Å²) in [6.45, 7) is 5.69. The van der Waals surface area contributed by atoms with E-state index in [4.69, 9.17) is 9.47 Å². The summed E-state index contributed by atoms with van der Waals surface area (Å²) in [5.74, 6) is 1.55. The van der Waals surface area contributed by atoms with E-state index in [1.54, 1.807) is 14.2 Å². The standard InChI is InChI=1S/C16H26BrNO2/c1-16(2,8-9-18-3)7-6-12-10-14(19-4)15(20-5)11-13(12)17/h10-11,18H,6-9H2,1-5H3. The van der Waals surface area contributed by atoms with Gasteiger partial charge in [-0.05, 0) is 56.0 Å². The van der Waals surface area contributed by atoms with Crippen molar-refractivity contribution >= 4 is 15.9 Å². The Kier molecular flexibility index (Phi) is 6.83. The molecule has 114 valence electrons. The molecular formula is C16H26BrNO2. The molecular weight excluding hydrogens is 318 g/mol. The van der Waals surface area contributed by atoms with Crippen LogP contribution in [-0.4, -0.2) is 27.8 Å². The zero-order valence-electron chi connectivity index (χ0n) is 13.2. The van der Waals surface area contributed by atoms with Gasteiger partial charge < -0.3 is 14.8 Å². The molecule has 0 saturated carbocycles. The first-order chi connectivity index (χ1) is 9.43. The molecule has 1 aromatic carbocycles. The molecule has 0 spiro atoms. The Labute approximate surface area is 131 Å². The molecule has 4 heteroatoms. The van der Waals surface area contributed by atoms with Gasteiger partial charge in [-0.3, -0.25) is 0 Å². The van der Waals surface area contributed by atoms with Crippen LogP contribution in [0.25, 0.3) is 0 Å². The number of hydrogen-bond acceptors (Lipinski definition) is 3. The van der Waals surface area contributed by atoms with Crippen LogP contribution >= 0.6 is 15.9 Å². The van der Waals surface area contributed by atoms with E-state index in [2.05, 4.69) is 41.2 Å². The van der Waals surface area contributed by atoms with Crippen LogP contribution in [0, 0.1) is 5.41 Å². The molecule has 0 radical (unpaired) electrons. The molecule has 1 N–H and O–H groups in total. The second kappa shape index (κ2) is 7.89. The number of methoxy groups -OCH3 is 2. The fourth-order valence-electron chi connectivity index (χ4n) is 2.15. The summed E-state index contributed by atoms with van der Waals surface area (Å²) in [6.07, 6.45) is 3.34. The molecule has 0 saturated heterocycles. The average molecular weight is 344 g/mol. The Morgan fingerprint density at radius 3 is 2.25 bits per heavy atom. The summed E-state index contributed by atoms with van der Waals surface area (Å²) in [5.41, 5.74) is 1.59. The molecule has 1 aromatic rings. The normalized spacial score (nSPS) is 11.5. The zero-order chi connectivity index (χ0) is 15.2. The highest BCUT2D eigenvalue weighted by molar-refractivity contribution is 9.10. The van der Waals surface area contributed by atoms with E-state index >= 15 is 0 Å². The van der Waals surface area contributed by atoms with Crippen LogP contribution in [0.4, 0.5) is 0 Å². The number of hydrogen-bond donors (Lipinski definition) is 1. The van der Waals surface area contributed by atoms with Crippen molar-refractivity contribution in [1.29, 1.82) is 0 Å². The molecule has 3 nitrogen and oxygen atoms in total. The van der Waals surface area contributed by atoms with Crippen molar-refractivity contribution in [3.05, 3.63) is 22.2 Å². The van der Waals surface area contributed by atoms with Crippen LogP contribution in [-0.2, 0) is 6.42 Å². The van der Waals surface area contributed by atoms with Crippen molar-refractivity contribution in [1.82, 2.24) is 5.32 Å². The summed E-state index contributed by atoms with van der Waals surface area (Å²) in [6, 6.07) is 4.05. The van der Waals surface area contributed by atoms with Crippen molar-refractivity contribution in [2.24, 2.45) is 5.41 Å². The molecule has 0 heterocycles. The SMILES string of the molecule is CNCCC(C)(C)CCc1cc(OC)c(OC)cc1Br. The quantitative estimate of drug-likeness (QED) is 0.772. The fourth-order valence-corrected chi connectivity index (χ4v) is 2.67. The van der Waals surface area contributed by atoms with E-state index in [1.165, 1.54) is 12.0 Å². The maximum atomic E-state index is 5.37. The topological polar surface area (TPSA) is 30.5 Å². The Morgan fingerprint density at radius 2 is 1.70 bits per heavy atom. The van der Waals surface area contributed by atoms with E-state index in [-0.39, 0.29) is 0 Å². The number of nitrogens with one attached hydrogen (secondary N) is 1. The third-order valence-corrected chi connectivity index (χ3v) is 4.41. The number of rotatable bonds is 8. The minimum absolute atomic E-state index is 0.329.